The molecule has 0 N–H and O–H groups in total. The van der Waals surface area contributed by atoms with Crippen molar-refractivity contribution in [2.75, 3.05) is 26.3 Å². The molecule has 0 aliphatic carbocycles. The van der Waals surface area contributed by atoms with Gasteiger partial charge in [-0.3, -0.25) is 18.9 Å². The van der Waals surface area contributed by atoms with Gasteiger partial charge in [0, 0.05) is 73.3 Å². The van der Waals surface area contributed by atoms with Crippen LogP contribution in [0, 0.1) is 0 Å². The van der Waals surface area contributed by atoms with Crippen LogP contribution < -0.4 is 5.56 Å². The van der Waals surface area contributed by atoms with Crippen LogP contribution in [-0.4, -0.2) is 50.1 Å². The highest BCUT2D eigenvalue weighted by Gasteiger charge is 2.19. The number of morpholine rings is 1. The lowest BCUT2D eigenvalue weighted by Gasteiger charge is -2.26. The number of aryl methyl sites for hydroxylation is 3. The summed E-state index contributed by atoms with van der Waals surface area (Å²) in [7, 11) is 5.78. The third-order valence-corrected chi connectivity index (χ3v) is 7.88. The van der Waals surface area contributed by atoms with Crippen molar-refractivity contribution < 1.29 is 4.74 Å². The van der Waals surface area contributed by atoms with Crippen molar-refractivity contribution in [3.63, 3.8) is 0 Å². The summed E-state index contributed by atoms with van der Waals surface area (Å²) in [5.74, 6) is 0. The van der Waals surface area contributed by atoms with Gasteiger partial charge in [-0.25, -0.2) is 0 Å². The first-order valence-electron chi connectivity index (χ1n) is 12.2. The van der Waals surface area contributed by atoms with Crippen molar-refractivity contribution in [1.29, 1.82) is 0 Å². The maximum atomic E-state index is 13.4. The molecule has 198 valence electrons. The van der Waals surface area contributed by atoms with Gasteiger partial charge >= 0.3 is 0 Å². The minimum atomic E-state index is -0.111. The number of benzene rings is 2. The van der Waals surface area contributed by atoms with Crippen molar-refractivity contribution in [3.05, 3.63) is 74.6 Å². The molecule has 0 atom stereocenters. The van der Waals surface area contributed by atoms with Crippen LogP contribution in [-0.2, 0) is 32.4 Å². The van der Waals surface area contributed by atoms with Crippen LogP contribution in [0.3, 0.4) is 0 Å². The molecule has 0 unspecified atom stereocenters. The second-order valence-corrected chi connectivity index (χ2v) is 10.5. The van der Waals surface area contributed by atoms with Gasteiger partial charge < -0.3 is 9.30 Å². The summed E-state index contributed by atoms with van der Waals surface area (Å²) < 4.78 is 11.2. The molecular weight excluding hydrogens is 545 g/mol. The molecule has 0 saturated carbocycles. The monoisotopic (exact) mass is 571 g/mol. The molecule has 38 heavy (non-hydrogen) atoms. The summed E-state index contributed by atoms with van der Waals surface area (Å²) >= 11 is 12.6. The third-order valence-electron chi connectivity index (χ3n) is 7.33. The molecule has 1 aliphatic rings. The summed E-state index contributed by atoms with van der Waals surface area (Å²) in [5.41, 5.74) is 6.11. The van der Waals surface area contributed by atoms with E-state index in [0.717, 1.165) is 71.7 Å². The Bertz CT molecular complexity index is 1730. The van der Waals surface area contributed by atoms with Gasteiger partial charge in [0.15, 0.2) is 0 Å². The molecule has 0 amide bonds. The average molecular weight is 573 g/mol. The Morgan fingerprint density at radius 1 is 0.895 bits per heavy atom. The van der Waals surface area contributed by atoms with E-state index in [0.29, 0.717) is 21.2 Å². The van der Waals surface area contributed by atoms with E-state index in [1.54, 1.807) is 29.8 Å². The van der Waals surface area contributed by atoms with Crippen LogP contribution in [0.4, 0.5) is 0 Å². The summed E-state index contributed by atoms with van der Waals surface area (Å²) in [6.07, 6.45) is 0. The highest BCUT2D eigenvalue weighted by atomic mass is 35.5. The van der Waals surface area contributed by atoms with Crippen molar-refractivity contribution >= 4 is 57.5 Å². The van der Waals surface area contributed by atoms with Crippen molar-refractivity contribution in [3.8, 4) is 22.4 Å². The van der Waals surface area contributed by atoms with E-state index < -0.39 is 0 Å². The molecule has 5 aromatic rings. The highest BCUT2D eigenvalue weighted by Crippen LogP contribution is 2.35. The van der Waals surface area contributed by atoms with Gasteiger partial charge in [0.25, 0.3) is 5.56 Å². The molecule has 1 saturated heterocycles. The van der Waals surface area contributed by atoms with Gasteiger partial charge in [-0.1, -0.05) is 35.3 Å². The van der Waals surface area contributed by atoms with Gasteiger partial charge in [0.1, 0.15) is 5.65 Å². The Morgan fingerprint density at radius 2 is 1.66 bits per heavy atom. The standard InChI is InChI=1S/C28H27Cl2N5O2.ClH/c1-32-26-7-4-17(25-14-19(34(3)31-25)16-35-8-10-37-11-9-35)12-21(26)22-15-23(28(36)33(2)27(22)32)20-6-5-18(29)13-24(20)30;/h4-7,12-15H,8-11,16H2,1-3H3;1H. The van der Waals surface area contributed by atoms with Gasteiger partial charge in [-0.2, -0.15) is 5.10 Å². The van der Waals surface area contributed by atoms with Crippen LogP contribution in [0.5, 0.6) is 0 Å². The van der Waals surface area contributed by atoms with Crippen molar-refractivity contribution in [2.24, 2.45) is 21.1 Å². The third kappa shape index (κ3) is 4.52. The molecule has 1 fully saturated rings. The lowest BCUT2D eigenvalue weighted by molar-refractivity contribution is 0.0331. The molecule has 0 spiro atoms. The molecule has 2 aromatic carbocycles. The first kappa shape index (κ1) is 26.8. The number of pyridine rings is 1. The van der Waals surface area contributed by atoms with E-state index in [4.69, 9.17) is 33.0 Å². The SMILES string of the molecule is Cl.Cn1nc(-c2ccc3c(c2)c2cc(-c4ccc(Cl)cc4Cl)c(=O)n(C)c2n3C)cc1CN1CCOCC1. The normalized spacial score (nSPS) is 14.3. The van der Waals surface area contributed by atoms with E-state index in [9.17, 15) is 4.79 Å². The zero-order chi connectivity index (χ0) is 25.8. The molecule has 10 heteroatoms. The zero-order valence-corrected chi connectivity index (χ0v) is 23.7. The Hall–Kier alpha value is -2.81. The quantitative estimate of drug-likeness (QED) is 0.279. The van der Waals surface area contributed by atoms with Crippen molar-refractivity contribution in [2.45, 2.75) is 6.54 Å². The van der Waals surface area contributed by atoms with Crippen LogP contribution in [0.2, 0.25) is 10.0 Å². The lowest BCUT2D eigenvalue weighted by atomic mass is 10.0. The second kappa shape index (κ2) is 10.4. The first-order valence-corrected chi connectivity index (χ1v) is 13.0. The van der Waals surface area contributed by atoms with Gasteiger partial charge in [0.2, 0.25) is 0 Å². The van der Waals surface area contributed by atoms with Crippen LogP contribution >= 0.6 is 35.6 Å². The van der Waals surface area contributed by atoms with Crippen LogP contribution in [0.1, 0.15) is 5.69 Å². The molecule has 6 rings (SSSR count). The summed E-state index contributed by atoms with van der Waals surface area (Å²) in [4.78, 5) is 15.8. The Balaban J connectivity index is 0.00000294. The van der Waals surface area contributed by atoms with Crippen molar-refractivity contribution in [1.82, 2.24) is 23.8 Å². The topological polar surface area (TPSA) is 57.2 Å². The first-order chi connectivity index (χ1) is 17.8. The Kier molecular flexibility index (Phi) is 7.33. The maximum Gasteiger partial charge on any atom is 0.259 e. The number of nitrogens with zero attached hydrogens (tertiary/aromatic N) is 5. The molecular formula is C28H28Cl3N5O2. The van der Waals surface area contributed by atoms with Crippen LogP contribution in [0.25, 0.3) is 44.3 Å². The van der Waals surface area contributed by atoms with E-state index in [1.807, 2.05) is 24.8 Å². The molecule has 7 nitrogen and oxygen atoms in total. The van der Waals surface area contributed by atoms with Crippen LogP contribution in [0.15, 0.2) is 53.3 Å². The average Bonchev–Trinajstić information content (AvgIpc) is 3.39. The number of hydrogen-bond acceptors (Lipinski definition) is 4. The Labute approximate surface area is 236 Å². The van der Waals surface area contributed by atoms with E-state index >= 15 is 0 Å². The van der Waals surface area contributed by atoms with E-state index in [1.165, 1.54) is 0 Å². The largest absolute Gasteiger partial charge is 0.379 e. The second-order valence-electron chi connectivity index (χ2n) is 9.61. The molecule has 4 heterocycles. The number of rotatable bonds is 4. The fourth-order valence-corrected chi connectivity index (χ4v) is 5.84. The minimum Gasteiger partial charge on any atom is -0.379 e. The predicted octanol–water partition coefficient (Wildman–Crippen LogP) is 5.66. The number of fused-ring (bicyclic) bond motifs is 3. The lowest BCUT2D eigenvalue weighted by Crippen LogP contribution is -2.36. The number of halogens is 3. The number of ether oxygens (including phenoxy) is 1. The maximum absolute atomic E-state index is 13.4. The van der Waals surface area contributed by atoms with Gasteiger partial charge in [-0.15, -0.1) is 12.4 Å². The summed E-state index contributed by atoms with van der Waals surface area (Å²) in [6.45, 7) is 4.25. The van der Waals surface area contributed by atoms with E-state index in [2.05, 4.69) is 33.7 Å². The summed E-state index contributed by atoms with van der Waals surface area (Å²) in [5, 5.41) is 7.84. The smallest absolute Gasteiger partial charge is 0.259 e. The number of aromatic nitrogens is 4. The van der Waals surface area contributed by atoms with Gasteiger partial charge in [0.05, 0.1) is 35.1 Å². The fraction of sp³-hybridized carbons (Fsp3) is 0.286. The molecule has 1 aliphatic heterocycles. The summed E-state index contributed by atoms with van der Waals surface area (Å²) in [6, 6.07) is 15.7. The highest BCUT2D eigenvalue weighted by molar-refractivity contribution is 6.36. The minimum absolute atomic E-state index is 0. The molecule has 0 bridgehead atoms. The zero-order valence-electron chi connectivity index (χ0n) is 21.4. The van der Waals surface area contributed by atoms with Gasteiger partial charge in [-0.05, 0) is 36.4 Å². The fourth-order valence-electron chi connectivity index (χ4n) is 5.33. The molecule has 3 aromatic heterocycles. The van der Waals surface area contributed by atoms with E-state index in [-0.39, 0.29) is 18.0 Å². The number of hydrogen-bond donors (Lipinski definition) is 0. The predicted molar refractivity (Wildman–Crippen MR) is 157 cm³/mol. The Morgan fingerprint density at radius 3 is 2.39 bits per heavy atom. The molecule has 0 radical (unpaired) electrons.